The van der Waals surface area contributed by atoms with Crippen molar-refractivity contribution >= 4 is 17.7 Å². The van der Waals surface area contributed by atoms with Crippen LogP contribution in [0.25, 0.3) is 0 Å². The first-order valence-corrected chi connectivity index (χ1v) is 12.8. The SMILES string of the molecule is O=C(O)[C@H](CCN(CCCCc1ccc2c(n1)NCCC2)CCOCC(F)F)Nc1ncc(C(F)(F)F)cn1. The first kappa shape index (κ1) is 30.4. The number of ether oxygens (including phenoxy) is 1. The molecule has 1 aliphatic heterocycles. The Hall–Kier alpha value is -3.13. The van der Waals surface area contributed by atoms with Gasteiger partial charge in [0.25, 0.3) is 6.43 Å². The number of carboxylic acids is 1. The van der Waals surface area contributed by atoms with Crippen molar-refractivity contribution in [2.75, 3.05) is 50.0 Å². The molecule has 2 aromatic heterocycles. The van der Waals surface area contributed by atoms with E-state index in [0.29, 0.717) is 25.5 Å². The zero-order chi connectivity index (χ0) is 28.3. The molecule has 9 nitrogen and oxygen atoms in total. The fourth-order valence-electron chi connectivity index (χ4n) is 4.12. The van der Waals surface area contributed by atoms with E-state index in [2.05, 4.69) is 31.7 Å². The third kappa shape index (κ3) is 10.5. The molecule has 0 fully saturated rings. The largest absolute Gasteiger partial charge is 0.480 e. The molecule has 1 aliphatic rings. The molecule has 2 aromatic rings. The Balaban J connectivity index is 1.51. The van der Waals surface area contributed by atoms with Crippen molar-refractivity contribution in [3.63, 3.8) is 0 Å². The van der Waals surface area contributed by atoms with Crippen LogP contribution in [0.1, 0.15) is 42.5 Å². The Labute approximate surface area is 223 Å². The summed E-state index contributed by atoms with van der Waals surface area (Å²) in [4.78, 5) is 25.5. The maximum atomic E-state index is 12.7. The standard InChI is InChI=1S/C25H33F5N6O3/c26-21(27)16-39-13-12-36(10-2-1-5-19-7-6-17-4-3-9-31-22(17)34-19)11-8-20(23(37)38)35-24-32-14-18(15-33-24)25(28,29)30/h6-7,14-15,20-21H,1-5,8-13,16H2,(H,31,34)(H,37,38)(H,32,33,35)/t20-/m0/s1. The summed E-state index contributed by atoms with van der Waals surface area (Å²) in [7, 11) is 0. The third-order valence-electron chi connectivity index (χ3n) is 6.22. The van der Waals surface area contributed by atoms with E-state index in [1.165, 1.54) is 5.56 Å². The molecule has 14 heteroatoms. The molecule has 0 saturated heterocycles. The lowest BCUT2D eigenvalue weighted by Crippen LogP contribution is -2.37. The van der Waals surface area contributed by atoms with Gasteiger partial charge in [0, 0.05) is 37.7 Å². The molecule has 0 spiro atoms. The number of rotatable bonds is 16. The normalized spacial score (nSPS) is 14.2. The minimum Gasteiger partial charge on any atom is -0.480 e. The predicted octanol–water partition coefficient (Wildman–Crippen LogP) is 4.11. The molecule has 0 aliphatic carbocycles. The lowest BCUT2D eigenvalue weighted by molar-refractivity contribution is -0.139. The predicted molar refractivity (Wildman–Crippen MR) is 134 cm³/mol. The lowest BCUT2D eigenvalue weighted by Gasteiger charge is -2.24. The zero-order valence-electron chi connectivity index (χ0n) is 21.4. The van der Waals surface area contributed by atoms with Gasteiger partial charge in [0.05, 0.1) is 12.2 Å². The fourth-order valence-corrected chi connectivity index (χ4v) is 4.12. The molecule has 0 radical (unpaired) electrons. The van der Waals surface area contributed by atoms with Crippen molar-refractivity contribution in [2.45, 2.75) is 57.2 Å². The molecule has 3 rings (SSSR count). The van der Waals surface area contributed by atoms with E-state index >= 15 is 0 Å². The molecule has 0 unspecified atom stereocenters. The molecule has 0 saturated carbocycles. The second kappa shape index (κ2) is 14.9. The number of anilines is 2. The van der Waals surface area contributed by atoms with Crippen molar-refractivity contribution in [2.24, 2.45) is 0 Å². The fraction of sp³-hybridized carbons (Fsp3) is 0.600. The number of nitrogens with zero attached hydrogens (tertiary/aromatic N) is 4. The van der Waals surface area contributed by atoms with E-state index in [1.54, 1.807) is 0 Å². The van der Waals surface area contributed by atoms with E-state index < -0.39 is 36.8 Å². The number of carbonyl (C=O) groups is 1. The van der Waals surface area contributed by atoms with Crippen LogP contribution < -0.4 is 10.6 Å². The number of aryl methyl sites for hydroxylation is 2. The number of hydrogen-bond donors (Lipinski definition) is 3. The number of aliphatic carboxylic acids is 1. The zero-order valence-corrected chi connectivity index (χ0v) is 21.4. The lowest BCUT2D eigenvalue weighted by atomic mass is 10.1. The molecule has 1 atom stereocenters. The molecule has 0 aromatic carbocycles. The summed E-state index contributed by atoms with van der Waals surface area (Å²) in [5.41, 5.74) is 1.14. The first-order chi connectivity index (χ1) is 18.6. The van der Waals surface area contributed by atoms with Gasteiger partial charge in [-0.3, -0.25) is 0 Å². The Bertz CT molecular complexity index is 1040. The minimum absolute atomic E-state index is 0.0512. The van der Waals surface area contributed by atoms with E-state index in [0.717, 1.165) is 50.2 Å². The van der Waals surface area contributed by atoms with Crippen LogP contribution in [-0.4, -0.2) is 82.8 Å². The van der Waals surface area contributed by atoms with Gasteiger partial charge < -0.3 is 25.4 Å². The van der Waals surface area contributed by atoms with Crippen LogP contribution >= 0.6 is 0 Å². The summed E-state index contributed by atoms with van der Waals surface area (Å²) in [6.45, 7) is 1.44. The van der Waals surface area contributed by atoms with Crippen molar-refractivity contribution in [3.8, 4) is 0 Å². The number of aromatic nitrogens is 3. The second-order valence-electron chi connectivity index (χ2n) is 9.22. The number of fused-ring (bicyclic) bond motifs is 1. The summed E-state index contributed by atoms with van der Waals surface area (Å²) in [6.07, 6.45) is -1.53. The summed E-state index contributed by atoms with van der Waals surface area (Å²) >= 11 is 0. The highest BCUT2D eigenvalue weighted by atomic mass is 19.4. The molecule has 39 heavy (non-hydrogen) atoms. The third-order valence-corrected chi connectivity index (χ3v) is 6.22. The van der Waals surface area contributed by atoms with Gasteiger partial charge in [-0.1, -0.05) is 6.07 Å². The average molecular weight is 561 g/mol. The summed E-state index contributed by atoms with van der Waals surface area (Å²) < 4.78 is 68.0. The van der Waals surface area contributed by atoms with Gasteiger partial charge in [-0.25, -0.2) is 28.5 Å². The Morgan fingerprint density at radius 3 is 2.62 bits per heavy atom. The Kier molecular flexibility index (Phi) is 11.6. The second-order valence-corrected chi connectivity index (χ2v) is 9.22. The van der Waals surface area contributed by atoms with Crippen LogP contribution in [0, 0.1) is 0 Å². The maximum Gasteiger partial charge on any atom is 0.419 e. The number of nitrogens with one attached hydrogen (secondary N) is 2. The Morgan fingerprint density at radius 2 is 1.92 bits per heavy atom. The van der Waals surface area contributed by atoms with E-state index in [1.807, 2.05) is 11.0 Å². The van der Waals surface area contributed by atoms with Gasteiger partial charge in [-0.15, -0.1) is 0 Å². The van der Waals surface area contributed by atoms with Crippen LogP contribution in [-0.2, 0) is 28.5 Å². The van der Waals surface area contributed by atoms with E-state index in [4.69, 9.17) is 4.74 Å². The van der Waals surface area contributed by atoms with Crippen LogP contribution in [0.4, 0.5) is 33.7 Å². The number of carboxylic acid groups (broad SMARTS) is 1. The molecule has 0 bridgehead atoms. The van der Waals surface area contributed by atoms with Gasteiger partial charge in [0.2, 0.25) is 5.95 Å². The van der Waals surface area contributed by atoms with Crippen molar-refractivity contribution in [1.82, 2.24) is 19.9 Å². The number of hydrogen-bond acceptors (Lipinski definition) is 8. The molecular weight excluding hydrogens is 527 g/mol. The van der Waals surface area contributed by atoms with Crippen molar-refractivity contribution in [1.29, 1.82) is 0 Å². The molecule has 3 heterocycles. The van der Waals surface area contributed by atoms with Crippen LogP contribution in [0.3, 0.4) is 0 Å². The summed E-state index contributed by atoms with van der Waals surface area (Å²) in [5.74, 6) is -0.533. The van der Waals surface area contributed by atoms with Gasteiger partial charge >= 0.3 is 12.1 Å². The van der Waals surface area contributed by atoms with Crippen molar-refractivity contribution < 1.29 is 36.6 Å². The molecule has 0 amide bonds. The average Bonchev–Trinajstić information content (AvgIpc) is 2.90. The number of unbranched alkanes of at least 4 members (excludes halogenated alkanes) is 1. The smallest absolute Gasteiger partial charge is 0.419 e. The quantitative estimate of drug-likeness (QED) is 0.206. The maximum absolute atomic E-state index is 12.7. The van der Waals surface area contributed by atoms with Crippen LogP contribution in [0.2, 0.25) is 0 Å². The van der Waals surface area contributed by atoms with Crippen molar-refractivity contribution in [3.05, 3.63) is 41.3 Å². The van der Waals surface area contributed by atoms with E-state index in [9.17, 15) is 31.9 Å². The highest BCUT2D eigenvalue weighted by Gasteiger charge is 2.31. The number of pyridine rings is 1. The van der Waals surface area contributed by atoms with Gasteiger partial charge in [-0.2, -0.15) is 13.2 Å². The summed E-state index contributed by atoms with van der Waals surface area (Å²) in [5, 5.41) is 15.5. The van der Waals surface area contributed by atoms with Gasteiger partial charge in [0.15, 0.2) is 0 Å². The minimum atomic E-state index is -4.61. The highest BCUT2D eigenvalue weighted by molar-refractivity contribution is 5.76. The highest BCUT2D eigenvalue weighted by Crippen LogP contribution is 2.28. The molecule has 3 N–H and O–H groups in total. The van der Waals surface area contributed by atoms with Gasteiger partial charge in [0.1, 0.15) is 18.5 Å². The topological polar surface area (TPSA) is 112 Å². The van der Waals surface area contributed by atoms with Crippen LogP contribution in [0.15, 0.2) is 24.5 Å². The Morgan fingerprint density at radius 1 is 1.15 bits per heavy atom. The summed E-state index contributed by atoms with van der Waals surface area (Å²) in [6, 6.07) is 2.95. The number of alkyl halides is 5. The van der Waals surface area contributed by atoms with Crippen LogP contribution in [0.5, 0.6) is 0 Å². The first-order valence-electron chi connectivity index (χ1n) is 12.8. The monoisotopic (exact) mass is 560 g/mol. The number of halogens is 5. The van der Waals surface area contributed by atoms with E-state index in [-0.39, 0.29) is 25.5 Å². The molecule has 216 valence electrons. The van der Waals surface area contributed by atoms with Gasteiger partial charge in [-0.05, 0) is 56.7 Å². The molecular formula is C25H33F5N6O3.